The van der Waals surface area contributed by atoms with Crippen molar-refractivity contribution >= 4 is 21.9 Å². The van der Waals surface area contributed by atoms with E-state index in [9.17, 15) is 23.1 Å². The minimum absolute atomic E-state index is 0.0628. The van der Waals surface area contributed by atoms with Crippen LogP contribution >= 0.6 is 0 Å². The van der Waals surface area contributed by atoms with Crippen LogP contribution in [0.2, 0.25) is 0 Å². The van der Waals surface area contributed by atoms with Crippen LogP contribution < -0.4 is 0 Å². The number of piperidine rings is 1. The van der Waals surface area contributed by atoms with Gasteiger partial charge in [0.05, 0.1) is 10.7 Å². The van der Waals surface area contributed by atoms with Gasteiger partial charge in [-0.25, -0.2) is 12.7 Å². The average molecular weight is 399 g/mol. The van der Waals surface area contributed by atoms with Crippen LogP contribution in [0.5, 0.6) is 0 Å². The standard InChI is InChI=1S/C19H30N2O5S/c22-17(14-5-1-2-6-14)20-10-4-8-16(12-20)27(25,26)21-11-15-7-3-9-19(15,13-21)18(23)24/h14-16H,1-13H2,(H,23,24)/t15-,16?,19+/m0/s1. The first-order valence-electron chi connectivity index (χ1n) is 10.4. The van der Waals surface area contributed by atoms with Gasteiger partial charge in [0.2, 0.25) is 15.9 Å². The molecule has 4 fully saturated rings. The van der Waals surface area contributed by atoms with Crippen LogP contribution in [-0.4, -0.2) is 66.0 Å². The number of rotatable bonds is 4. The van der Waals surface area contributed by atoms with E-state index in [0.29, 0.717) is 32.4 Å². The Hall–Kier alpha value is -1.15. The van der Waals surface area contributed by atoms with E-state index in [1.165, 1.54) is 4.31 Å². The van der Waals surface area contributed by atoms with E-state index >= 15 is 0 Å². The van der Waals surface area contributed by atoms with Crippen molar-refractivity contribution in [2.75, 3.05) is 26.2 Å². The predicted octanol–water partition coefficient (Wildman–Crippen LogP) is 1.68. The molecule has 7 nitrogen and oxygen atoms in total. The normalized spacial score (nSPS) is 35.5. The van der Waals surface area contributed by atoms with Crippen LogP contribution in [-0.2, 0) is 19.6 Å². The van der Waals surface area contributed by atoms with Gasteiger partial charge in [-0.3, -0.25) is 9.59 Å². The lowest BCUT2D eigenvalue weighted by atomic mass is 9.81. The summed E-state index contributed by atoms with van der Waals surface area (Å²) in [7, 11) is -3.59. The van der Waals surface area contributed by atoms with Crippen molar-refractivity contribution in [3.63, 3.8) is 0 Å². The molecule has 2 aliphatic carbocycles. The SMILES string of the molecule is O=C(C1CCCC1)N1CCCC(S(=O)(=O)N2C[C@@H]3CCC[C@@]3(C(=O)O)C2)C1. The first kappa shape index (κ1) is 19.2. The van der Waals surface area contributed by atoms with E-state index in [1.807, 2.05) is 0 Å². The molecule has 4 aliphatic rings. The largest absolute Gasteiger partial charge is 0.481 e. The Morgan fingerprint density at radius 1 is 0.963 bits per heavy atom. The Kier molecular flexibility index (Phi) is 4.99. The molecule has 4 rings (SSSR count). The van der Waals surface area contributed by atoms with Crippen LogP contribution in [0.3, 0.4) is 0 Å². The second-order valence-electron chi connectivity index (χ2n) is 8.92. The van der Waals surface area contributed by atoms with Gasteiger partial charge in [-0.1, -0.05) is 19.3 Å². The zero-order valence-electron chi connectivity index (χ0n) is 15.8. The fourth-order valence-corrected chi connectivity index (χ4v) is 7.86. The number of aliphatic carboxylic acids is 1. The Labute approximate surface area is 161 Å². The number of fused-ring (bicyclic) bond motifs is 1. The third kappa shape index (κ3) is 3.18. The van der Waals surface area contributed by atoms with Crippen LogP contribution in [0.25, 0.3) is 0 Å². The lowest BCUT2D eigenvalue weighted by Gasteiger charge is -2.36. The van der Waals surface area contributed by atoms with Gasteiger partial charge >= 0.3 is 5.97 Å². The second kappa shape index (κ2) is 7.03. The highest BCUT2D eigenvalue weighted by Gasteiger charge is 2.58. The number of nitrogens with zero attached hydrogens (tertiary/aromatic N) is 2. The molecule has 2 saturated heterocycles. The minimum Gasteiger partial charge on any atom is -0.481 e. The van der Waals surface area contributed by atoms with Crippen molar-refractivity contribution in [2.24, 2.45) is 17.3 Å². The van der Waals surface area contributed by atoms with Crippen molar-refractivity contribution in [1.29, 1.82) is 0 Å². The summed E-state index contributed by atoms with van der Waals surface area (Å²) in [4.78, 5) is 26.4. The smallest absolute Gasteiger partial charge is 0.311 e. The summed E-state index contributed by atoms with van der Waals surface area (Å²) in [5.41, 5.74) is -0.902. The van der Waals surface area contributed by atoms with Gasteiger partial charge < -0.3 is 10.0 Å². The van der Waals surface area contributed by atoms with Gasteiger partial charge in [-0.15, -0.1) is 0 Å². The summed E-state index contributed by atoms with van der Waals surface area (Å²) < 4.78 is 28.0. The minimum atomic E-state index is -3.59. The highest BCUT2D eigenvalue weighted by molar-refractivity contribution is 7.89. The number of carbonyl (C=O) groups excluding carboxylic acids is 1. The molecule has 0 aromatic heterocycles. The highest BCUT2D eigenvalue weighted by atomic mass is 32.2. The van der Waals surface area contributed by atoms with Crippen molar-refractivity contribution in [3.8, 4) is 0 Å². The van der Waals surface area contributed by atoms with E-state index in [-0.39, 0.29) is 30.8 Å². The zero-order chi connectivity index (χ0) is 19.2. The number of likely N-dealkylation sites (tertiary alicyclic amines) is 1. The zero-order valence-corrected chi connectivity index (χ0v) is 16.6. The van der Waals surface area contributed by atoms with Crippen molar-refractivity contribution in [3.05, 3.63) is 0 Å². The van der Waals surface area contributed by atoms with Crippen LogP contribution in [0.1, 0.15) is 57.8 Å². The Morgan fingerprint density at radius 3 is 2.37 bits per heavy atom. The van der Waals surface area contributed by atoms with Crippen LogP contribution in [0, 0.1) is 17.3 Å². The van der Waals surface area contributed by atoms with E-state index < -0.39 is 26.7 Å². The first-order valence-corrected chi connectivity index (χ1v) is 11.9. The quantitative estimate of drug-likeness (QED) is 0.777. The Balaban J connectivity index is 1.47. The maximum atomic E-state index is 13.3. The monoisotopic (exact) mass is 398 g/mol. The number of hydrogen-bond donors (Lipinski definition) is 1. The summed E-state index contributed by atoms with van der Waals surface area (Å²) in [5.74, 6) is -0.755. The van der Waals surface area contributed by atoms with Gasteiger partial charge in [0.1, 0.15) is 0 Å². The fraction of sp³-hybridized carbons (Fsp3) is 0.895. The Morgan fingerprint density at radius 2 is 1.70 bits per heavy atom. The summed E-state index contributed by atoms with van der Waals surface area (Å²) in [6.07, 6.45) is 7.46. The second-order valence-corrected chi connectivity index (χ2v) is 11.1. The summed E-state index contributed by atoms with van der Waals surface area (Å²) >= 11 is 0. The summed E-state index contributed by atoms with van der Waals surface area (Å²) in [6.45, 7) is 1.33. The van der Waals surface area contributed by atoms with Gasteiger partial charge in [-0.05, 0) is 44.4 Å². The van der Waals surface area contributed by atoms with Crippen molar-refractivity contribution < 1.29 is 23.1 Å². The van der Waals surface area contributed by atoms with E-state index in [2.05, 4.69) is 0 Å². The maximum absolute atomic E-state index is 13.3. The van der Waals surface area contributed by atoms with Crippen molar-refractivity contribution in [1.82, 2.24) is 9.21 Å². The first-order chi connectivity index (χ1) is 12.8. The van der Waals surface area contributed by atoms with Crippen LogP contribution in [0.4, 0.5) is 0 Å². The Bertz CT molecular complexity index is 718. The lowest BCUT2D eigenvalue weighted by Crippen LogP contribution is -2.50. The molecule has 27 heavy (non-hydrogen) atoms. The third-order valence-electron chi connectivity index (χ3n) is 7.44. The number of carboxylic acids is 1. The van der Waals surface area contributed by atoms with Gasteiger partial charge in [-0.2, -0.15) is 0 Å². The van der Waals surface area contributed by atoms with E-state index in [4.69, 9.17) is 0 Å². The van der Waals surface area contributed by atoms with Crippen LogP contribution in [0.15, 0.2) is 0 Å². The lowest BCUT2D eigenvalue weighted by molar-refractivity contribution is -0.149. The van der Waals surface area contributed by atoms with Gasteiger partial charge in [0.25, 0.3) is 0 Å². The molecule has 0 aromatic rings. The topological polar surface area (TPSA) is 95.0 Å². The molecule has 0 radical (unpaired) electrons. The average Bonchev–Trinajstić information content (AvgIpc) is 3.36. The summed E-state index contributed by atoms with van der Waals surface area (Å²) in [5, 5.41) is 9.13. The number of hydrogen-bond acceptors (Lipinski definition) is 4. The number of amides is 1. The molecular formula is C19H30N2O5S. The molecule has 1 N–H and O–H groups in total. The highest BCUT2D eigenvalue weighted by Crippen LogP contribution is 2.50. The van der Waals surface area contributed by atoms with E-state index in [1.54, 1.807) is 4.90 Å². The molecule has 2 heterocycles. The molecular weight excluding hydrogens is 368 g/mol. The predicted molar refractivity (Wildman–Crippen MR) is 99.5 cm³/mol. The molecule has 152 valence electrons. The molecule has 0 spiro atoms. The maximum Gasteiger partial charge on any atom is 0.311 e. The molecule has 2 saturated carbocycles. The molecule has 1 amide bonds. The molecule has 3 atom stereocenters. The van der Waals surface area contributed by atoms with Crippen molar-refractivity contribution in [2.45, 2.75) is 63.0 Å². The molecule has 0 aromatic carbocycles. The number of sulfonamides is 1. The van der Waals surface area contributed by atoms with Gasteiger partial charge in [0.15, 0.2) is 0 Å². The fourth-order valence-electron chi connectivity index (χ4n) is 5.81. The molecule has 0 bridgehead atoms. The van der Waals surface area contributed by atoms with Gasteiger partial charge in [0, 0.05) is 32.1 Å². The third-order valence-corrected chi connectivity index (χ3v) is 9.67. The van der Waals surface area contributed by atoms with E-state index in [0.717, 1.165) is 38.5 Å². The number of carboxylic acid groups (broad SMARTS) is 1. The molecule has 2 aliphatic heterocycles. The number of carbonyl (C=O) groups is 2. The molecule has 8 heteroatoms. The summed E-state index contributed by atoms with van der Waals surface area (Å²) in [6, 6.07) is 0. The molecule has 1 unspecified atom stereocenters.